The quantitative estimate of drug-likeness (QED) is 0.808. The molecular formula is C16H16FNO5S. The van der Waals surface area contributed by atoms with Gasteiger partial charge >= 0.3 is 5.97 Å². The molecule has 0 atom stereocenters. The number of rotatable bonds is 6. The summed E-state index contributed by atoms with van der Waals surface area (Å²) < 4.78 is 50.4. The van der Waals surface area contributed by atoms with Crippen LogP contribution in [0.3, 0.4) is 0 Å². The Hall–Kier alpha value is -2.61. The molecule has 128 valence electrons. The van der Waals surface area contributed by atoms with Crippen LogP contribution in [0, 0.1) is 5.82 Å². The molecule has 0 saturated heterocycles. The fourth-order valence-corrected chi connectivity index (χ4v) is 3.23. The summed E-state index contributed by atoms with van der Waals surface area (Å²) in [5.41, 5.74) is 0.343. The summed E-state index contributed by atoms with van der Waals surface area (Å²) in [6.45, 7) is 1.87. The molecule has 0 aliphatic rings. The number of sulfonamides is 1. The van der Waals surface area contributed by atoms with Crippen LogP contribution in [0.1, 0.15) is 17.3 Å². The van der Waals surface area contributed by atoms with E-state index >= 15 is 0 Å². The number of methoxy groups -OCH3 is 1. The largest absolute Gasteiger partial charge is 0.495 e. The zero-order valence-corrected chi connectivity index (χ0v) is 13.9. The third-order valence-electron chi connectivity index (χ3n) is 3.04. The molecule has 0 spiro atoms. The SMILES string of the molecule is CCOC(=O)c1cccc(NS(=O)(=O)c2cc(F)ccc2OC)c1. The van der Waals surface area contributed by atoms with Gasteiger partial charge in [0.15, 0.2) is 0 Å². The Balaban J connectivity index is 2.35. The lowest BCUT2D eigenvalue weighted by atomic mass is 10.2. The fourth-order valence-electron chi connectivity index (χ4n) is 1.99. The number of halogens is 1. The molecule has 2 rings (SSSR count). The van der Waals surface area contributed by atoms with Crippen molar-refractivity contribution in [2.24, 2.45) is 0 Å². The second kappa shape index (κ2) is 7.31. The number of hydrogen-bond donors (Lipinski definition) is 1. The molecule has 0 heterocycles. The first-order chi connectivity index (χ1) is 11.4. The zero-order valence-electron chi connectivity index (χ0n) is 13.1. The van der Waals surface area contributed by atoms with Gasteiger partial charge in [-0.15, -0.1) is 0 Å². The van der Waals surface area contributed by atoms with Gasteiger partial charge in [0.25, 0.3) is 10.0 Å². The van der Waals surface area contributed by atoms with Crippen LogP contribution in [0.2, 0.25) is 0 Å². The highest BCUT2D eigenvalue weighted by Crippen LogP contribution is 2.26. The fraction of sp³-hybridized carbons (Fsp3) is 0.188. The first-order valence-corrected chi connectivity index (χ1v) is 8.49. The van der Waals surface area contributed by atoms with Gasteiger partial charge < -0.3 is 9.47 Å². The van der Waals surface area contributed by atoms with Crippen LogP contribution < -0.4 is 9.46 Å². The van der Waals surface area contributed by atoms with Crippen LogP contribution in [0.5, 0.6) is 5.75 Å². The van der Waals surface area contributed by atoms with E-state index in [2.05, 4.69) is 4.72 Å². The van der Waals surface area contributed by atoms with Crippen molar-refractivity contribution in [1.29, 1.82) is 0 Å². The van der Waals surface area contributed by atoms with E-state index in [1.165, 1.54) is 37.4 Å². The predicted octanol–water partition coefficient (Wildman–Crippen LogP) is 2.81. The predicted molar refractivity (Wildman–Crippen MR) is 86.2 cm³/mol. The van der Waals surface area contributed by atoms with Gasteiger partial charge in [0.2, 0.25) is 0 Å². The number of anilines is 1. The Morgan fingerprint density at radius 3 is 2.62 bits per heavy atom. The molecule has 2 aromatic carbocycles. The number of carbonyl (C=O) groups is 1. The highest BCUT2D eigenvalue weighted by Gasteiger charge is 2.21. The molecule has 6 nitrogen and oxygen atoms in total. The first-order valence-electron chi connectivity index (χ1n) is 7.01. The summed E-state index contributed by atoms with van der Waals surface area (Å²) in [7, 11) is -2.82. The molecule has 1 N–H and O–H groups in total. The van der Waals surface area contributed by atoms with Crippen LogP contribution >= 0.6 is 0 Å². The van der Waals surface area contributed by atoms with Crippen molar-refractivity contribution < 1.29 is 27.1 Å². The van der Waals surface area contributed by atoms with Crippen LogP contribution in [0.15, 0.2) is 47.4 Å². The molecule has 0 aliphatic carbocycles. The molecular weight excluding hydrogens is 337 g/mol. The van der Waals surface area contributed by atoms with Crippen molar-refractivity contribution in [3.8, 4) is 5.75 Å². The minimum absolute atomic E-state index is 0.00504. The lowest BCUT2D eigenvalue weighted by Crippen LogP contribution is -2.15. The van der Waals surface area contributed by atoms with E-state index in [0.29, 0.717) is 0 Å². The van der Waals surface area contributed by atoms with E-state index in [0.717, 1.165) is 12.1 Å². The lowest BCUT2D eigenvalue weighted by molar-refractivity contribution is 0.0526. The van der Waals surface area contributed by atoms with E-state index in [1.54, 1.807) is 6.92 Å². The number of hydrogen-bond acceptors (Lipinski definition) is 5. The highest BCUT2D eigenvalue weighted by molar-refractivity contribution is 7.92. The third-order valence-corrected chi connectivity index (χ3v) is 4.44. The summed E-state index contributed by atoms with van der Waals surface area (Å²) in [5.74, 6) is -1.27. The minimum atomic E-state index is -4.10. The Bertz CT molecular complexity index is 851. The molecule has 0 aromatic heterocycles. The maximum Gasteiger partial charge on any atom is 0.338 e. The Morgan fingerprint density at radius 1 is 1.21 bits per heavy atom. The number of carbonyl (C=O) groups excluding carboxylic acids is 1. The Labute approximate surface area is 139 Å². The topological polar surface area (TPSA) is 81.7 Å². The van der Waals surface area contributed by atoms with Crippen molar-refractivity contribution >= 4 is 21.7 Å². The summed E-state index contributed by atoms with van der Waals surface area (Å²) in [6.07, 6.45) is 0. The zero-order chi connectivity index (χ0) is 17.7. The van der Waals surface area contributed by atoms with E-state index in [4.69, 9.17) is 9.47 Å². The van der Waals surface area contributed by atoms with E-state index in [-0.39, 0.29) is 28.5 Å². The maximum absolute atomic E-state index is 13.4. The van der Waals surface area contributed by atoms with Crippen LogP contribution in [-0.4, -0.2) is 28.1 Å². The van der Waals surface area contributed by atoms with Crippen molar-refractivity contribution in [2.75, 3.05) is 18.4 Å². The first kappa shape index (κ1) is 17.7. The molecule has 0 amide bonds. The molecule has 0 fully saturated rings. The molecule has 24 heavy (non-hydrogen) atoms. The second-order valence-corrected chi connectivity index (χ2v) is 6.35. The lowest BCUT2D eigenvalue weighted by Gasteiger charge is -2.12. The van der Waals surface area contributed by atoms with Crippen molar-refractivity contribution in [1.82, 2.24) is 0 Å². The monoisotopic (exact) mass is 353 g/mol. The van der Waals surface area contributed by atoms with Gasteiger partial charge in [0, 0.05) is 5.69 Å². The normalized spacial score (nSPS) is 11.0. The van der Waals surface area contributed by atoms with Gasteiger partial charge in [-0.1, -0.05) is 6.07 Å². The second-order valence-electron chi connectivity index (χ2n) is 4.70. The summed E-state index contributed by atoms with van der Waals surface area (Å²) in [4.78, 5) is 11.4. The van der Waals surface area contributed by atoms with E-state index < -0.39 is 21.8 Å². The van der Waals surface area contributed by atoms with Gasteiger partial charge in [-0.25, -0.2) is 17.6 Å². The van der Waals surface area contributed by atoms with Gasteiger partial charge in [0.1, 0.15) is 16.5 Å². The van der Waals surface area contributed by atoms with Crippen LogP contribution in [-0.2, 0) is 14.8 Å². The number of esters is 1. The minimum Gasteiger partial charge on any atom is -0.495 e. The van der Waals surface area contributed by atoms with Gasteiger partial charge in [-0.05, 0) is 43.3 Å². The molecule has 0 saturated carbocycles. The van der Waals surface area contributed by atoms with E-state index in [1.807, 2.05) is 0 Å². The van der Waals surface area contributed by atoms with Gasteiger partial charge in [0.05, 0.1) is 19.3 Å². The molecule has 0 aliphatic heterocycles. The smallest absolute Gasteiger partial charge is 0.338 e. The summed E-state index contributed by atoms with van der Waals surface area (Å²) >= 11 is 0. The Kier molecular flexibility index (Phi) is 5.40. The standard InChI is InChI=1S/C16H16FNO5S/c1-3-23-16(19)11-5-4-6-13(9-11)18-24(20,21)15-10-12(17)7-8-14(15)22-2/h4-10,18H,3H2,1-2H3. The average Bonchev–Trinajstić information content (AvgIpc) is 2.55. The Morgan fingerprint density at radius 2 is 1.96 bits per heavy atom. The molecule has 2 aromatic rings. The number of benzene rings is 2. The van der Waals surface area contributed by atoms with Crippen molar-refractivity contribution in [3.63, 3.8) is 0 Å². The highest BCUT2D eigenvalue weighted by atomic mass is 32.2. The van der Waals surface area contributed by atoms with Gasteiger partial charge in [-0.2, -0.15) is 0 Å². The molecule has 0 bridgehead atoms. The average molecular weight is 353 g/mol. The number of ether oxygens (including phenoxy) is 2. The molecule has 8 heteroatoms. The van der Waals surface area contributed by atoms with Crippen molar-refractivity contribution in [2.45, 2.75) is 11.8 Å². The van der Waals surface area contributed by atoms with E-state index in [9.17, 15) is 17.6 Å². The van der Waals surface area contributed by atoms with Crippen molar-refractivity contribution in [3.05, 3.63) is 53.8 Å². The van der Waals surface area contributed by atoms with Crippen LogP contribution in [0.25, 0.3) is 0 Å². The van der Waals surface area contributed by atoms with Gasteiger partial charge in [-0.3, -0.25) is 4.72 Å². The third kappa shape index (κ3) is 4.02. The summed E-state index contributed by atoms with van der Waals surface area (Å²) in [6, 6.07) is 8.98. The summed E-state index contributed by atoms with van der Waals surface area (Å²) in [5, 5.41) is 0. The van der Waals surface area contributed by atoms with Crippen LogP contribution in [0.4, 0.5) is 10.1 Å². The molecule has 0 radical (unpaired) electrons. The number of nitrogens with one attached hydrogen (secondary N) is 1. The maximum atomic E-state index is 13.4. The molecule has 0 unspecified atom stereocenters.